The molecule has 2 aromatic carbocycles. The van der Waals surface area contributed by atoms with Crippen molar-refractivity contribution in [3.8, 4) is 5.75 Å². The summed E-state index contributed by atoms with van der Waals surface area (Å²) in [5.41, 5.74) is 0.951. The molecule has 0 radical (unpaired) electrons. The molecular weight excluding hydrogens is 466 g/mol. The van der Waals surface area contributed by atoms with Crippen LogP contribution in [-0.4, -0.2) is 72.9 Å². The number of benzene rings is 2. The fraction of sp³-hybridized carbons (Fsp3) is 0.348. The van der Waals surface area contributed by atoms with Crippen LogP contribution >= 0.6 is 0 Å². The smallest absolute Gasteiger partial charge is 0.298 e. The van der Waals surface area contributed by atoms with E-state index in [1.165, 1.54) is 25.1 Å². The number of nitrogens with one attached hydrogen (secondary N) is 1. The molecule has 0 saturated carbocycles. The predicted molar refractivity (Wildman–Crippen MR) is 121 cm³/mol. The Morgan fingerprint density at radius 2 is 1.82 bits per heavy atom. The minimum Gasteiger partial charge on any atom is -0.461 e. The zero-order valence-electron chi connectivity index (χ0n) is 18.4. The Labute approximate surface area is 197 Å². The summed E-state index contributed by atoms with van der Waals surface area (Å²) in [7, 11) is -4.62. The van der Waals surface area contributed by atoms with E-state index in [2.05, 4.69) is 5.32 Å². The third-order valence-electron chi connectivity index (χ3n) is 5.09. The molecule has 2 aromatic rings. The van der Waals surface area contributed by atoms with Crippen molar-refractivity contribution in [1.82, 2.24) is 5.32 Å². The zero-order chi connectivity index (χ0) is 24.7. The fourth-order valence-corrected chi connectivity index (χ4v) is 4.18. The molecule has 0 aromatic heterocycles. The Kier molecular flexibility index (Phi) is 8.78. The monoisotopic (exact) mass is 493 g/mol. The molecule has 1 aliphatic heterocycles. The standard InChI is InChI=1S/C23H27NO9S/c1-15(26)24-20-21(27)22(31-13-7-10-16-8-3-2-4-9-16)18(14-25)33-23(20)32-17-11-5-6-12-19(17)34(28,29)30/h2-12,18,20-23,25,27H,13-14H2,1H3,(H,24,26)(H,28,29,30). The summed E-state index contributed by atoms with van der Waals surface area (Å²) in [5.74, 6) is -0.756. The first-order chi connectivity index (χ1) is 16.2. The van der Waals surface area contributed by atoms with Crippen LogP contribution in [0.5, 0.6) is 5.75 Å². The summed E-state index contributed by atoms with van der Waals surface area (Å²) < 4.78 is 50.0. The Morgan fingerprint density at radius 1 is 1.15 bits per heavy atom. The van der Waals surface area contributed by atoms with Crippen molar-refractivity contribution in [2.24, 2.45) is 0 Å². The van der Waals surface area contributed by atoms with Gasteiger partial charge in [0.05, 0.1) is 13.2 Å². The van der Waals surface area contributed by atoms with Crippen LogP contribution in [0.25, 0.3) is 6.08 Å². The van der Waals surface area contributed by atoms with Gasteiger partial charge >= 0.3 is 0 Å². The van der Waals surface area contributed by atoms with Crippen LogP contribution in [0.15, 0.2) is 65.6 Å². The molecule has 1 fully saturated rings. The minimum atomic E-state index is -4.62. The summed E-state index contributed by atoms with van der Waals surface area (Å²) >= 11 is 0. The van der Waals surface area contributed by atoms with Crippen LogP contribution in [0, 0.1) is 0 Å². The van der Waals surface area contributed by atoms with Crippen LogP contribution in [-0.2, 0) is 24.4 Å². The predicted octanol–water partition coefficient (Wildman–Crippen LogP) is 0.993. The molecular formula is C23H27NO9S. The van der Waals surface area contributed by atoms with Gasteiger partial charge in [-0.1, -0.05) is 54.6 Å². The molecule has 34 heavy (non-hydrogen) atoms. The number of ether oxygens (including phenoxy) is 3. The highest BCUT2D eigenvalue weighted by molar-refractivity contribution is 7.86. The zero-order valence-corrected chi connectivity index (χ0v) is 19.2. The molecule has 5 atom stereocenters. The van der Waals surface area contributed by atoms with Crippen molar-refractivity contribution in [1.29, 1.82) is 0 Å². The quantitative estimate of drug-likeness (QED) is 0.375. The second-order valence-corrected chi connectivity index (χ2v) is 8.98. The van der Waals surface area contributed by atoms with E-state index >= 15 is 0 Å². The van der Waals surface area contributed by atoms with E-state index < -0.39 is 58.2 Å². The van der Waals surface area contributed by atoms with Crippen molar-refractivity contribution in [2.45, 2.75) is 42.5 Å². The van der Waals surface area contributed by atoms with Crippen LogP contribution in [0.1, 0.15) is 12.5 Å². The molecule has 11 heteroatoms. The normalized spacial score (nSPS) is 25.2. The number of para-hydroxylation sites is 1. The molecule has 1 aliphatic rings. The van der Waals surface area contributed by atoms with Crippen LogP contribution in [0.2, 0.25) is 0 Å². The number of hydrogen-bond acceptors (Lipinski definition) is 8. The first-order valence-corrected chi connectivity index (χ1v) is 11.9. The average Bonchev–Trinajstić information content (AvgIpc) is 2.80. The molecule has 0 aliphatic carbocycles. The molecule has 184 valence electrons. The highest BCUT2D eigenvalue weighted by atomic mass is 32.2. The van der Waals surface area contributed by atoms with Gasteiger partial charge in [0.15, 0.2) is 0 Å². The molecule has 1 amide bonds. The maximum Gasteiger partial charge on any atom is 0.298 e. The third kappa shape index (κ3) is 6.63. The molecule has 1 heterocycles. The van der Waals surface area contributed by atoms with E-state index in [4.69, 9.17) is 14.2 Å². The van der Waals surface area contributed by atoms with Crippen molar-refractivity contribution in [3.05, 3.63) is 66.2 Å². The molecule has 1 saturated heterocycles. The Morgan fingerprint density at radius 3 is 2.47 bits per heavy atom. The van der Waals surface area contributed by atoms with Gasteiger partial charge in [0.1, 0.15) is 35.0 Å². The van der Waals surface area contributed by atoms with E-state index in [9.17, 15) is 28.0 Å². The SMILES string of the molecule is CC(=O)NC1C(Oc2ccccc2S(=O)(=O)O)OC(CO)C(OCC=Cc2ccccc2)C1O. The van der Waals surface area contributed by atoms with Crippen LogP contribution < -0.4 is 10.1 Å². The highest BCUT2D eigenvalue weighted by Gasteiger charge is 2.47. The van der Waals surface area contributed by atoms with Crippen LogP contribution in [0.4, 0.5) is 0 Å². The fourth-order valence-electron chi connectivity index (χ4n) is 3.56. The van der Waals surface area contributed by atoms with Gasteiger partial charge in [-0.15, -0.1) is 0 Å². The molecule has 4 N–H and O–H groups in total. The maximum atomic E-state index is 11.8. The van der Waals surface area contributed by atoms with E-state index in [0.29, 0.717) is 0 Å². The lowest BCUT2D eigenvalue weighted by Gasteiger charge is -2.43. The third-order valence-corrected chi connectivity index (χ3v) is 5.98. The van der Waals surface area contributed by atoms with Crippen molar-refractivity contribution in [3.63, 3.8) is 0 Å². The van der Waals surface area contributed by atoms with Gasteiger partial charge in [-0.2, -0.15) is 8.42 Å². The summed E-state index contributed by atoms with van der Waals surface area (Å²) in [6.45, 7) is 0.767. The second-order valence-electron chi connectivity index (χ2n) is 7.59. The van der Waals surface area contributed by atoms with Gasteiger partial charge in [0.2, 0.25) is 12.2 Å². The number of carbonyl (C=O) groups excluding carboxylic acids is 1. The Bertz CT molecular complexity index is 1090. The molecule has 0 bridgehead atoms. The summed E-state index contributed by atoms with van der Waals surface area (Å²) in [6, 6.07) is 13.6. The second kappa shape index (κ2) is 11.6. The highest BCUT2D eigenvalue weighted by Crippen LogP contribution is 2.30. The first-order valence-electron chi connectivity index (χ1n) is 10.5. The lowest BCUT2D eigenvalue weighted by molar-refractivity contribution is -0.253. The van der Waals surface area contributed by atoms with Gasteiger partial charge in [0.25, 0.3) is 10.1 Å². The van der Waals surface area contributed by atoms with E-state index in [-0.39, 0.29) is 12.4 Å². The number of hydrogen-bond donors (Lipinski definition) is 4. The lowest BCUT2D eigenvalue weighted by Crippen LogP contribution is -2.66. The van der Waals surface area contributed by atoms with Gasteiger partial charge in [-0.25, -0.2) is 0 Å². The largest absolute Gasteiger partial charge is 0.461 e. The lowest BCUT2D eigenvalue weighted by atomic mass is 9.96. The number of amides is 1. The molecule has 0 spiro atoms. The van der Waals surface area contributed by atoms with E-state index in [0.717, 1.165) is 11.6 Å². The minimum absolute atomic E-state index is 0.0837. The van der Waals surface area contributed by atoms with Gasteiger partial charge in [-0.05, 0) is 17.7 Å². The molecule has 3 rings (SSSR count). The van der Waals surface area contributed by atoms with Crippen molar-refractivity contribution in [2.75, 3.05) is 13.2 Å². The van der Waals surface area contributed by atoms with Crippen LogP contribution in [0.3, 0.4) is 0 Å². The molecule has 5 unspecified atom stereocenters. The average molecular weight is 494 g/mol. The van der Waals surface area contributed by atoms with Crippen molar-refractivity contribution >= 4 is 22.1 Å². The van der Waals surface area contributed by atoms with Gasteiger partial charge < -0.3 is 29.7 Å². The van der Waals surface area contributed by atoms with Gasteiger partial charge in [-0.3, -0.25) is 9.35 Å². The Hall–Kier alpha value is -2.80. The summed E-state index contributed by atoms with van der Waals surface area (Å²) in [6.07, 6.45) is -1.28. The topological polar surface area (TPSA) is 152 Å². The number of rotatable bonds is 9. The van der Waals surface area contributed by atoms with Gasteiger partial charge in [0, 0.05) is 6.92 Å². The number of aliphatic hydroxyl groups excluding tert-OH is 2. The summed E-state index contributed by atoms with van der Waals surface area (Å²) in [5, 5.41) is 23.3. The maximum absolute atomic E-state index is 11.8. The molecule has 10 nitrogen and oxygen atoms in total. The number of carbonyl (C=O) groups is 1. The van der Waals surface area contributed by atoms with Crippen molar-refractivity contribution < 1.29 is 42.2 Å². The number of aliphatic hydroxyl groups is 2. The summed E-state index contributed by atoms with van der Waals surface area (Å²) in [4.78, 5) is 11.3. The first kappa shape index (κ1) is 25.8. The Balaban J connectivity index is 1.78. The van der Waals surface area contributed by atoms with E-state index in [1.54, 1.807) is 6.08 Å². The van der Waals surface area contributed by atoms with E-state index in [1.807, 2.05) is 36.4 Å².